The smallest absolute Gasteiger partial charge is 0.312 e. The molecule has 3 rings (SSSR count). The molecular formula is C13H11NO2S. The lowest BCUT2D eigenvalue weighted by Gasteiger charge is -2.01. The van der Waals surface area contributed by atoms with Crippen molar-refractivity contribution in [2.24, 2.45) is 0 Å². The second-order valence-electron chi connectivity index (χ2n) is 4.12. The molecule has 1 aliphatic rings. The molecule has 86 valence electrons. The maximum atomic E-state index is 11.1. The minimum absolute atomic E-state index is 0.404. The quantitative estimate of drug-likeness (QED) is 0.885. The van der Waals surface area contributed by atoms with Gasteiger partial charge in [0, 0.05) is 10.4 Å². The summed E-state index contributed by atoms with van der Waals surface area (Å²) in [7, 11) is 0. The lowest BCUT2D eigenvalue weighted by molar-refractivity contribution is -0.138. The van der Waals surface area contributed by atoms with E-state index in [0.717, 1.165) is 27.6 Å². The Hall–Kier alpha value is -1.68. The van der Waals surface area contributed by atoms with Crippen LogP contribution in [-0.4, -0.2) is 16.1 Å². The van der Waals surface area contributed by atoms with Gasteiger partial charge in [-0.15, -0.1) is 11.3 Å². The molecule has 1 aliphatic carbocycles. The fraction of sp³-hybridized carbons (Fsp3) is 0.231. The van der Waals surface area contributed by atoms with Crippen LogP contribution in [0.5, 0.6) is 0 Å². The van der Waals surface area contributed by atoms with Crippen molar-refractivity contribution in [2.75, 3.05) is 0 Å². The number of hydrogen-bond donors (Lipinski definition) is 1. The van der Waals surface area contributed by atoms with E-state index >= 15 is 0 Å². The van der Waals surface area contributed by atoms with Gasteiger partial charge in [0.15, 0.2) is 0 Å². The zero-order valence-corrected chi connectivity index (χ0v) is 9.91. The Kier molecular flexibility index (Phi) is 2.44. The highest BCUT2D eigenvalue weighted by atomic mass is 32.1. The minimum Gasteiger partial charge on any atom is -0.481 e. The summed E-state index contributed by atoms with van der Waals surface area (Å²) in [5.74, 6) is -1.16. The fourth-order valence-electron chi connectivity index (χ4n) is 2.17. The van der Waals surface area contributed by atoms with Crippen LogP contribution in [-0.2, 0) is 11.2 Å². The molecule has 0 amide bonds. The lowest BCUT2D eigenvalue weighted by atomic mass is 10.1. The summed E-state index contributed by atoms with van der Waals surface area (Å²) in [5, 5.41) is 10.0. The Morgan fingerprint density at radius 2 is 2.12 bits per heavy atom. The van der Waals surface area contributed by atoms with Gasteiger partial charge in [-0.3, -0.25) is 4.79 Å². The summed E-state index contributed by atoms with van der Waals surface area (Å²) in [5.41, 5.74) is 1.84. The number of thiazole rings is 1. The van der Waals surface area contributed by atoms with Crippen LogP contribution in [0.2, 0.25) is 0 Å². The van der Waals surface area contributed by atoms with E-state index in [0.29, 0.717) is 6.42 Å². The maximum absolute atomic E-state index is 11.1. The van der Waals surface area contributed by atoms with Gasteiger partial charge >= 0.3 is 5.97 Å². The first-order chi connectivity index (χ1) is 8.25. The van der Waals surface area contributed by atoms with Crippen LogP contribution in [0.1, 0.15) is 22.9 Å². The van der Waals surface area contributed by atoms with Crippen molar-refractivity contribution in [3.63, 3.8) is 0 Å². The highest BCUT2D eigenvalue weighted by molar-refractivity contribution is 7.15. The van der Waals surface area contributed by atoms with Crippen molar-refractivity contribution in [2.45, 2.75) is 18.8 Å². The molecule has 2 aromatic rings. The molecule has 3 nitrogen and oxygen atoms in total. The Morgan fingerprint density at radius 1 is 1.35 bits per heavy atom. The molecule has 0 bridgehead atoms. The SMILES string of the molecule is O=C(O)[C@@H]1CCc2sc(-c3ccccc3)nc21. The van der Waals surface area contributed by atoms with Gasteiger partial charge in [0.1, 0.15) is 10.9 Å². The van der Waals surface area contributed by atoms with Crippen LogP contribution >= 0.6 is 11.3 Å². The van der Waals surface area contributed by atoms with Gasteiger partial charge in [0.2, 0.25) is 0 Å². The molecule has 0 saturated carbocycles. The second kappa shape index (κ2) is 3.96. The van der Waals surface area contributed by atoms with Gasteiger partial charge in [-0.2, -0.15) is 0 Å². The molecule has 0 radical (unpaired) electrons. The third-order valence-corrected chi connectivity index (χ3v) is 4.22. The van der Waals surface area contributed by atoms with Gasteiger partial charge in [-0.25, -0.2) is 4.98 Å². The number of carboxylic acid groups (broad SMARTS) is 1. The first-order valence-electron chi connectivity index (χ1n) is 5.53. The standard InChI is InChI=1S/C13H11NO2S/c15-13(16)9-6-7-10-11(9)14-12(17-10)8-4-2-1-3-5-8/h1-5,9H,6-7H2,(H,15,16)/t9-/m1/s1. The van der Waals surface area contributed by atoms with Crippen molar-refractivity contribution >= 4 is 17.3 Å². The highest BCUT2D eigenvalue weighted by Crippen LogP contribution is 2.39. The molecule has 17 heavy (non-hydrogen) atoms. The number of hydrogen-bond acceptors (Lipinski definition) is 3. The van der Waals surface area contributed by atoms with Crippen molar-refractivity contribution in [3.05, 3.63) is 40.9 Å². The Balaban J connectivity index is 2.02. The van der Waals surface area contributed by atoms with E-state index in [1.54, 1.807) is 11.3 Å². The van der Waals surface area contributed by atoms with E-state index in [2.05, 4.69) is 4.98 Å². The van der Waals surface area contributed by atoms with Crippen LogP contribution in [0, 0.1) is 0 Å². The predicted molar refractivity (Wildman–Crippen MR) is 66.2 cm³/mol. The van der Waals surface area contributed by atoms with E-state index in [9.17, 15) is 4.79 Å². The van der Waals surface area contributed by atoms with Crippen LogP contribution in [0.25, 0.3) is 10.6 Å². The molecule has 0 unspecified atom stereocenters. The van der Waals surface area contributed by atoms with Crippen LogP contribution in [0.4, 0.5) is 0 Å². The number of benzene rings is 1. The number of fused-ring (bicyclic) bond motifs is 1. The summed E-state index contributed by atoms with van der Waals surface area (Å²) in [6, 6.07) is 9.91. The number of aliphatic carboxylic acids is 1. The summed E-state index contributed by atoms with van der Waals surface area (Å²) in [6.45, 7) is 0. The molecule has 4 heteroatoms. The number of aryl methyl sites for hydroxylation is 1. The van der Waals surface area contributed by atoms with Crippen LogP contribution < -0.4 is 0 Å². The van der Waals surface area contributed by atoms with E-state index in [4.69, 9.17) is 5.11 Å². The normalized spacial score (nSPS) is 18.0. The molecule has 1 aromatic carbocycles. The lowest BCUT2D eigenvalue weighted by Crippen LogP contribution is -2.08. The maximum Gasteiger partial charge on any atom is 0.312 e. The first-order valence-corrected chi connectivity index (χ1v) is 6.35. The highest BCUT2D eigenvalue weighted by Gasteiger charge is 2.32. The van der Waals surface area contributed by atoms with Gasteiger partial charge in [-0.1, -0.05) is 30.3 Å². The van der Waals surface area contributed by atoms with E-state index in [-0.39, 0.29) is 0 Å². The summed E-state index contributed by atoms with van der Waals surface area (Å²) in [4.78, 5) is 16.7. The summed E-state index contributed by atoms with van der Waals surface area (Å²) >= 11 is 1.62. The van der Waals surface area contributed by atoms with Crippen molar-refractivity contribution in [1.82, 2.24) is 4.98 Å². The summed E-state index contributed by atoms with van der Waals surface area (Å²) < 4.78 is 0. The zero-order valence-electron chi connectivity index (χ0n) is 9.09. The third kappa shape index (κ3) is 1.74. The van der Waals surface area contributed by atoms with Crippen LogP contribution in [0.15, 0.2) is 30.3 Å². The monoisotopic (exact) mass is 245 g/mol. The fourth-order valence-corrected chi connectivity index (χ4v) is 3.32. The molecule has 1 aromatic heterocycles. The minimum atomic E-state index is -0.756. The second-order valence-corrected chi connectivity index (χ2v) is 5.21. The van der Waals surface area contributed by atoms with Crippen molar-refractivity contribution < 1.29 is 9.90 Å². The van der Waals surface area contributed by atoms with Gasteiger partial charge in [0.25, 0.3) is 0 Å². The van der Waals surface area contributed by atoms with Gasteiger partial charge < -0.3 is 5.11 Å². The number of carboxylic acids is 1. The number of carbonyl (C=O) groups is 1. The molecule has 1 atom stereocenters. The average molecular weight is 245 g/mol. The number of nitrogens with zero attached hydrogens (tertiary/aromatic N) is 1. The van der Waals surface area contributed by atoms with E-state index < -0.39 is 11.9 Å². The van der Waals surface area contributed by atoms with Crippen molar-refractivity contribution in [1.29, 1.82) is 0 Å². The average Bonchev–Trinajstić information content (AvgIpc) is 2.88. The van der Waals surface area contributed by atoms with Crippen molar-refractivity contribution in [3.8, 4) is 10.6 Å². The molecule has 1 heterocycles. The van der Waals surface area contributed by atoms with E-state index in [1.807, 2.05) is 30.3 Å². The molecular weight excluding hydrogens is 234 g/mol. The first kappa shape index (κ1) is 10.5. The number of aromatic nitrogens is 1. The largest absolute Gasteiger partial charge is 0.481 e. The molecule has 0 saturated heterocycles. The van der Waals surface area contributed by atoms with Crippen LogP contribution in [0.3, 0.4) is 0 Å². The van der Waals surface area contributed by atoms with Gasteiger partial charge in [0.05, 0.1) is 5.69 Å². The predicted octanol–water partition coefficient (Wildman–Crippen LogP) is 2.92. The molecule has 0 fully saturated rings. The number of rotatable bonds is 2. The van der Waals surface area contributed by atoms with Gasteiger partial charge in [-0.05, 0) is 12.8 Å². The molecule has 0 spiro atoms. The molecule has 0 aliphatic heterocycles. The Labute approximate surface area is 103 Å². The summed E-state index contributed by atoms with van der Waals surface area (Å²) in [6.07, 6.45) is 1.54. The Morgan fingerprint density at radius 3 is 2.82 bits per heavy atom. The molecule has 1 N–H and O–H groups in total. The third-order valence-electron chi connectivity index (χ3n) is 3.04. The topological polar surface area (TPSA) is 50.2 Å². The van der Waals surface area contributed by atoms with E-state index in [1.165, 1.54) is 0 Å². The zero-order chi connectivity index (χ0) is 11.8. The Bertz CT molecular complexity index is 562.